The molecule has 0 aromatic rings. The maximum atomic E-state index is 7.29. The average Bonchev–Trinajstić information content (AvgIpc) is 3.10. The lowest BCUT2D eigenvalue weighted by Gasteiger charge is -2.40. The molecular formula is C44H90O4. The van der Waals surface area contributed by atoms with E-state index in [0.717, 1.165) is 25.7 Å². The lowest BCUT2D eigenvalue weighted by molar-refractivity contribution is -0.168. The fourth-order valence-corrected chi connectivity index (χ4v) is 7.29. The molecule has 0 aliphatic heterocycles. The van der Waals surface area contributed by atoms with Gasteiger partial charge in [-0.1, -0.05) is 207 Å². The van der Waals surface area contributed by atoms with E-state index in [4.69, 9.17) is 18.9 Å². The summed E-state index contributed by atoms with van der Waals surface area (Å²) in [6, 6.07) is 0. The predicted octanol–water partition coefficient (Wildman–Crippen LogP) is 14.4. The third kappa shape index (κ3) is 28.5. The third-order valence-corrected chi connectivity index (χ3v) is 10.8. The zero-order valence-electron chi connectivity index (χ0n) is 34.1. The van der Waals surface area contributed by atoms with Gasteiger partial charge in [-0.25, -0.2) is 0 Å². The van der Waals surface area contributed by atoms with Crippen LogP contribution in [0.4, 0.5) is 0 Å². The normalized spacial score (nSPS) is 12.4. The zero-order chi connectivity index (χ0) is 35.3. The van der Waals surface area contributed by atoms with Gasteiger partial charge < -0.3 is 18.9 Å². The molecule has 0 unspecified atom stereocenters. The maximum Gasteiger partial charge on any atom is 0.0916 e. The highest BCUT2D eigenvalue weighted by molar-refractivity contribution is 4.87. The van der Waals surface area contributed by atoms with Crippen molar-refractivity contribution in [3.05, 3.63) is 0 Å². The van der Waals surface area contributed by atoms with Crippen LogP contribution in [0.2, 0.25) is 0 Å². The van der Waals surface area contributed by atoms with Gasteiger partial charge in [0, 0.05) is 14.2 Å². The van der Waals surface area contributed by atoms with Gasteiger partial charge in [0.15, 0.2) is 0 Å². The minimum Gasteiger partial charge on any atom is -0.382 e. The van der Waals surface area contributed by atoms with E-state index in [-0.39, 0.29) is 11.2 Å². The van der Waals surface area contributed by atoms with Crippen LogP contribution in [-0.2, 0) is 18.9 Å². The van der Waals surface area contributed by atoms with Crippen molar-refractivity contribution in [2.24, 2.45) is 0 Å². The molecule has 0 amide bonds. The van der Waals surface area contributed by atoms with E-state index in [2.05, 4.69) is 27.7 Å². The summed E-state index contributed by atoms with van der Waals surface area (Å²) < 4.78 is 25.6. The summed E-state index contributed by atoms with van der Waals surface area (Å²) in [4.78, 5) is 0. The van der Waals surface area contributed by atoms with Crippen LogP contribution < -0.4 is 0 Å². The van der Waals surface area contributed by atoms with Crippen LogP contribution >= 0.6 is 0 Å². The Balaban J connectivity index is 5.68. The molecule has 0 aromatic carbocycles. The predicted molar refractivity (Wildman–Crippen MR) is 212 cm³/mol. The standard InChI is InChI=1S/C44H90O4/c1-7-11-15-19-23-27-31-35-43(46-6,36-32-28-24-20-16-12-8-2)42-48-44(41-47-40-39-45-5,37-33-29-25-21-17-13-9-3)38-34-30-26-22-18-14-10-4/h7-42H2,1-6H3. The largest absolute Gasteiger partial charge is 0.382 e. The van der Waals surface area contributed by atoms with Gasteiger partial charge in [-0.2, -0.15) is 0 Å². The molecule has 0 aromatic heterocycles. The SMILES string of the molecule is CCCCCCCCCC(CCCCCCCCC)(COC(CCCCCCCCC)(CCCCCCCCC)COCCOC)OC. The Labute approximate surface area is 303 Å². The second-order valence-corrected chi connectivity index (χ2v) is 15.4. The highest BCUT2D eigenvalue weighted by Crippen LogP contribution is 2.34. The Morgan fingerprint density at radius 2 is 0.646 bits per heavy atom. The van der Waals surface area contributed by atoms with Crippen molar-refractivity contribution < 1.29 is 18.9 Å². The third-order valence-electron chi connectivity index (χ3n) is 10.8. The van der Waals surface area contributed by atoms with Crippen LogP contribution in [0.1, 0.15) is 233 Å². The van der Waals surface area contributed by atoms with Crippen molar-refractivity contribution in [2.75, 3.05) is 40.6 Å². The molecule has 0 radical (unpaired) electrons. The van der Waals surface area contributed by atoms with E-state index >= 15 is 0 Å². The Bertz CT molecular complexity index is 573. The number of ether oxygens (including phenoxy) is 4. The number of hydrogen-bond acceptors (Lipinski definition) is 4. The van der Waals surface area contributed by atoms with E-state index in [1.165, 1.54) is 180 Å². The summed E-state index contributed by atoms with van der Waals surface area (Å²) in [5.74, 6) is 0. The molecule has 4 heteroatoms. The smallest absolute Gasteiger partial charge is 0.0916 e. The highest BCUT2D eigenvalue weighted by atomic mass is 16.6. The summed E-state index contributed by atoms with van der Waals surface area (Å²) in [5, 5.41) is 0. The topological polar surface area (TPSA) is 36.9 Å². The molecule has 0 fully saturated rings. The van der Waals surface area contributed by atoms with Crippen LogP contribution in [-0.4, -0.2) is 51.8 Å². The minimum absolute atomic E-state index is 0.190. The van der Waals surface area contributed by atoms with E-state index in [9.17, 15) is 0 Å². The first kappa shape index (κ1) is 47.8. The van der Waals surface area contributed by atoms with E-state index in [1.807, 2.05) is 7.11 Å². The summed E-state index contributed by atoms with van der Waals surface area (Å²) in [5.41, 5.74) is -0.421. The molecule has 4 nitrogen and oxygen atoms in total. The molecule has 0 N–H and O–H groups in total. The quantitative estimate of drug-likeness (QED) is 0.0602. The molecule has 0 saturated carbocycles. The Morgan fingerprint density at radius 1 is 0.333 bits per heavy atom. The zero-order valence-corrected chi connectivity index (χ0v) is 34.1. The fourth-order valence-electron chi connectivity index (χ4n) is 7.29. The van der Waals surface area contributed by atoms with Gasteiger partial charge in [-0.05, 0) is 25.7 Å². The first-order chi connectivity index (χ1) is 23.6. The molecule has 0 saturated heterocycles. The molecule has 0 aliphatic carbocycles. The monoisotopic (exact) mass is 683 g/mol. The molecule has 0 atom stereocenters. The molecule has 0 rings (SSSR count). The van der Waals surface area contributed by atoms with Crippen LogP contribution in [0.3, 0.4) is 0 Å². The second-order valence-electron chi connectivity index (χ2n) is 15.4. The molecule has 0 heterocycles. The fraction of sp³-hybridized carbons (Fsp3) is 1.00. The second kappa shape index (κ2) is 36.6. The van der Waals surface area contributed by atoms with Crippen molar-refractivity contribution in [3.8, 4) is 0 Å². The van der Waals surface area contributed by atoms with Crippen molar-refractivity contribution in [3.63, 3.8) is 0 Å². The number of methoxy groups -OCH3 is 2. The van der Waals surface area contributed by atoms with Gasteiger partial charge >= 0.3 is 0 Å². The van der Waals surface area contributed by atoms with Gasteiger partial charge in [-0.3, -0.25) is 0 Å². The summed E-state index contributed by atoms with van der Waals surface area (Å²) in [7, 11) is 3.74. The summed E-state index contributed by atoms with van der Waals surface area (Å²) in [6.07, 6.45) is 41.7. The van der Waals surface area contributed by atoms with E-state index < -0.39 is 0 Å². The van der Waals surface area contributed by atoms with E-state index in [0.29, 0.717) is 26.4 Å². The Hall–Kier alpha value is -0.160. The molecule has 0 spiro atoms. The van der Waals surface area contributed by atoms with Crippen LogP contribution in [0.25, 0.3) is 0 Å². The summed E-state index contributed by atoms with van der Waals surface area (Å²) in [6.45, 7) is 11.9. The molecule has 0 bridgehead atoms. The average molecular weight is 683 g/mol. The minimum atomic E-state index is -0.231. The van der Waals surface area contributed by atoms with Crippen LogP contribution in [0.15, 0.2) is 0 Å². The number of rotatable bonds is 41. The first-order valence-corrected chi connectivity index (χ1v) is 21.8. The lowest BCUT2D eigenvalue weighted by atomic mass is 9.87. The van der Waals surface area contributed by atoms with Gasteiger partial charge in [0.1, 0.15) is 0 Å². The first-order valence-electron chi connectivity index (χ1n) is 21.8. The van der Waals surface area contributed by atoms with Crippen molar-refractivity contribution in [1.29, 1.82) is 0 Å². The van der Waals surface area contributed by atoms with Crippen molar-refractivity contribution in [2.45, 2.75) is 244 Å². The Kier molecular flexibility index (Phi) is 36.5. The van der Waals surface area contributed by atoms with Gasteiger partial charge in [0.2, 0.25) is 0 Å². The van der Waals surface area contributed by atoms with Crippen LogP contribution in [0.5, 0.6) is 0 Å². The van der Waals surface area contributed by atoms with Gasteiger partial charge in [0.05, 0.1) is 37.6 Å². The molecule has 48 heavy (non-hydrogen) atoms. The molecular weight excluding hydrogens is 592 g/mol. The van der Waals surface area contributed by atoms with Gasteiger partial charge in [0.25, 0.3) is 0 Å². The maximum absolute atomic E-state index is 7.29. The van der Waals surface area contributed by atoms with Gasteiger partial charge in [-0.15, -0.1) is 0 Å². The molecule has 0 aliphatic rings. The van der Waals surface area contributed by atoms with Crippen molar-refractivity contribution in [1.82, 2.24) is 0 Å². The highest BCUT2D eigenvalue weighted by Gasteiger charge is 2.37. The van der Waals surface area contributed by atoms with Crippen molar-refractivity contribution >= 4 is 0 Å². The van der Waals surface area contributed by atoms with Crippen LogP contribution in [0, 0.1) is 0 Å². The number of hydrogen-bond donors (Lipinski definition) is 0. The number of unbranched alkanes of at least 4 members (excludes halogenated alkanes) is 24. The molecule has 290 valence electrons. The Morgan fingerprint density at radius 3 is 0.958 bits per heavy atom. The summed E-state index contributed by atoms with van der Waals surface area (Å²) >= 11 is 0. The van der Waals surface area contributed by atoms with E-state index in [1.54, 1.807) is 7.11 Å². The lowest BCUT2D eigenvalue weighted by Crippen LogP contribution is -2.45.